The van der Waals surface area contributed by atoms with Crippen molar-refractivity contribution in [3.05, 3.63) is 87.3 Å². The SMILES string of the molecule is CCC(CN(C)C(=O)C12CC1c1cc(OC)ccc1-c1c(C3CCCCC3)c3ccc(C(=O)NS(=O)(=O)N(C)C)cc3n1C2)c1cccc(=O)n1CC. The van der Waals surface area contributed by atoms with Crippen LogP contribution in [-0.4, -0.2) is 73.4 Å². The van der Waals surface area contributed by atoms with Crippen molar-refractivity contribution in [1.82, 2.24) is 23.1 Å². The van der Waals surface area contributed by atoms with E-state index in [9.17, 15) is 18.0 Å². The van der Waals surface area contributed by atoms with E-state index in [-0.39, 0.29) is 28.9 Å². The Kier molecular flexibility index (Phi) is 9.82. The maximum absolute atomic E-state index is 15.0. The maximum atomic E-state index is 15.0. The number of hydrogen-bond donors (Lipinski definition) is 1. The molecule has 2 aromatic heterocycles. The molecule has 282 valence electrons. The van der Waals surface area contributed by atoms with Crippen LogP contribution in [0.4, 0.5) is 0 Å². The molecular weight excluding hydrogens is 691 g/mol. The van der Waals surface area contributed by atoms with Gasteiger partial charge in [0.05, 0.1) is 18.2 Å². The molecule has 11 nitrogen and oxygen atoms in total. The number of benzene rings is 2. The van der Waals surface area contributed by atoms with Gasteiger partial charge in [0.25, 0.3) is 11.5 Å². The molecule has 2 aromatic carbocycles. The third-order valence-electron chi connectivity index (χ3n) is 12.1. The summed E-state index contributed by atoms with van der Waals surface area (Å²) in [5.74, 6) is 0.325. The van der Waals surface area contributed by atoms with E-state index in [2.05, 4.69) is 28.3 Å². The zero-order valence-electron chi connectivity index (χ0n) is 31.6. The van der Waals surface area contributed by atoms with Crippen LogP contribution < -0.4 is 15.0 Å². The third kappa shape index (κ3) is 6.37. The number of methoxy groups -OCH3 is 1. The Morgan fingerprint density at radius 3 is 2.45 bits per heavy atom. The summed E-state index contributed by atoms with van der Waals surface area (Å²) in [6.45, 7) is 5.50. The number of aromatic nitrogens is 2. The van der Waals surface area contributed by atoms with Gasteiger partial charge in [0.15, 0.2) is 0 Å². The highest BCUT2D eigenvalue weighted by Crippen LogP contribution is 2.66. The van der Waals surface area contributed by atoms with E-state index in [1.54, 1.807) is 35.9 Å². The summed E-state index contributed by atoms with van der Waals surface area (Å²) < 4.78 is 38.2. The smallest absolute Gasteiger partial charge is 0.303 e. The zero-order valence-corrected chi connectivity index (χ0v) is 32.5. The average Bonchev–Trinajstić information content (AvgIpc) is 3.82. The van der Waals surface area contributed by atoms with Gasteiger partial charge in [0.2, 0.25) is 5.91 Å². The molecule has 0 saturated heterocycles. The van der Waals surface area contributed by atoms with Crippen molar-refractivity contribution in [2.24, 2.45) is 5.41 Å². The molecule has 2 amide bonds. The van der Waals surface area contributed by atoms with Gasteiger partial charge in [-0.3, -0.25) is 14.4 Å². The van der Waals surface area contributed by atoms with Crippen molar-refractivity contribution in [2.75, 3.05) is 34.8 Å². The number of amides is 2. The highest BCUT2D eigenvalue weighted by molar-refractivity contribution is 7.87. The van der Waals surface area contributed by atoms with Crippen LogP contribution in [0, 0.1) is 5.41 Å². The second-order valence-corrected chi connectivity index (χ2v) is 17.2. The standard InChI is InChI=1S/C41H51N5O6S/c1-7-26(34-15-12-16-36(47)45(34)8-2)24-44(5)40(49)41-23-33(41)32-22-29(52-6)18-20-30(32)38-37(27-13-10-9-11-14-27)31-19-17-28(21-35(31)46(38)25-41)39(48)42-53(50,51)43(3)4/h12,15-22,26-27,33H,7-11,13-14,23-25H2,1-6H3,(H,42,48). The second kappa shape index (κ2) is 14.1. The van der Waals surface area contributed by atoms with E-state index in [0.29, 0.717) is 32.0 Å². The topological polar surface area (TPSA) is 123 Å². The Balaban J connectivity index is 1.37. The summed E-state index contributed by atoms with van der Waals surface area (Å²) in [5, 5.41) is 1.03. The summed E-state index contributed by atoms with van der Waals surface area (Å²) >= 11 is 0. The van der Waals surface area contributed by atoms with Gasteiger partial charge in [0, 0.05) is 86.4 Å². The lowest BCUT2D eigenvalue weighted by atomic mass is 9.81. The van der Waals surface area contributed by atoms with Crippen molar-refractivity contribution in [1.29, 1.82) is 0 Å². The lowest BCUT2D eigenvalue weighted by molar-refractivity contribution is -0.136. The van der Waals surface area contributed by atoms with Gasteiger partial charge < -0.3 is 18.8 Å². The van der Waals surface area contributed by atoms with Crippen LogP contribution in [0.15, 0.2) is 59.4 Å². The lowest BCUT2D eigenvalue weighted by Gasteiger charge is -2.29. The largest absolute Gasteiger partial charge is 0.497 e. The third-order valence-corrected chi connectivity index (χ3v) is 13.5. The second-order valence-electron chi connectivity index (χ2n) is 15.3. The van der Waals surface area contributed by atoms with Crippen LogP contribution >= 0.6 is 0 Å². The summed E-state index contributed by atoms with van der Waals surface area (Å²) in [6.07, 6.45) is 7.01. The Hall–Kier alpha value is -4.42. The molecule has 4 aromatic rings. The minimum absolute atomic E-state index is 0.0232. The number of pyridine rings is 1. The molecule has 0 radical (unpaired) electrons. The molecule has 3 heterocycles. The van der Waals surface area contributed by atoms with E-state index >= 15 is 4.79 Å². The molecule has 2 fully saturated rings. The fourth-order valence-corrected chi connectivity index (χ4v) is 9.68. The number of ether oxygens (including phenoxy) is 1. The average molecular weight is 742 g/mol. The van der Waals surface area contributed by atoms with Crippen molar-refractivity contribution in [2.45, 2.75) is 89.6 Å². The van der Waals surface area contributed by atoms with Gasteiger partial charge in [-0.1, -0.05) is 38.3 Å². The predicted molar refractivity (Wildman–Crippen MR) is 207 cm³/mol. The van der Waals surface area contributed by atoms with Crippen LogP contribution in [0.2, 0.25) is 0 Å². The normalized spacial score (nSPS) is 20.2. The van der Waals surface area contributed by atoms with E-state index < -0.39 is 21.5 Å². The number of nitrogens with one attached hydrogen (secondary N) is 1. The van der Waals surface area contributed by atoms with Gasteiger partial charge >= 0.3 is 10.2 Å². The first kappa shape index (κ1) is 36.9. The van der Waals surface area contributed by atoms with Crippen LogP contribution in [0.3, 0.4) is 0 Å². The molecule has 1 aliphatic heterocycles. The number of carbonyl (C=O) groups is 2. The van der Waals surface area contributed by atoms with Crippen molar-refractivity contribution in [3.8, 4) is 17.0 Å². The molecule has 2 aliphatic carbocycles. The molecule has 12 heteroatoms. The minimum Gasteiger partial charge on any atom is -0.497 e. The van der Waals surface area contributed by atoms with Crippen LogP contribution in [0.1, 0.15) is 104 Å². The van der Waals surface area contributed by atoms with Gasteiger partial charge in [-0.2, -0.15) is 12.7 Å². The molecular formula is C41H51N5O6S. The quantitative estimate of drug-likeness (QED) is 0.195. The number of carbonyl (C=O) groups excluding carboxylic acids is 2. The first-order chi connectivity index (χ1) is 25.3. The van der Waals surface area contributed by atoms with E-state index in [1.807, 2.05) is 37.1 Å². The first-order valence-electron chi connectivity index (χ1n) is 18.9. The minimum atomic E-state index is -4.01. The van der Waals surface area contributed by atoms with Gasteiger partial charge in [-0.25, -0.2) is 4.72 Å². The van der Waals surface area contributed by atoms with Gasteiger partial charge in [-0.05, 0) is 86.1 Å². The Morgan fingerprint density at radius 1 is 1.02 bits per heavy atom. The summed E-state index contributed by atoms with van der Waals surface area (Å²) in [6, 6.07) is 17.0. The Labute approximate surface area is 312 Å². The lowest BCUT2D eigenvalue weighted by Crippen LogP contribution is -2.40. The molecule has 53 heavy (non-hydrogen) atoms. The predicted octanol–water partition coefficient (Wildman–Crippen LogP) is 6.22. The number of hydrogen-bond acceptors (Lipinski definition) is 6. The Bertz CT molecular complexity index is 2250. The van der Waals surface area contributed by atoms with Crippen molar-refractivity contribution < 1.29 is 22.7 Å². The van der Waals surface area contributed by atoms with Gasteiger partial charge in [0.1, 0.15) is 5.75 Å². The molecule has 2 saturated carbocycles. The van der Waals surface area contributed by atoms with E-state index in [0.717, 1.165) is 75.6 Å². The monoisotopic (exact) mass is 741 g/mol. The molecule has 7 rings (SSSR count). The van der Waals surface area contributed by atoms with Crippen molar-refractivity contribution in [3.63, 3.8) is 0 Å². The summed E-state index contributed by atoms with van der Waals surface area (Å²) in [7, 11) is 2.28. The number of likely N-dealkylation sites (N-methyl/N-ethyl adjacent to an activating group) is 1. The number of nitrogens with zero attached hydrogens (tertiary/aromatic N) is 4. The summed E-state index contributed by atoms with van der Waals surface area (Å²) in [5.41, 5.74) is 5.68. The number of rotatable bonds is 11. The van der Waals surface area contributed by atoms with Crippen molar-refractivity contribution >= 4 is 32.9 Å². The maximum Gasteiger partial charge on any atom is 0.303 e. The molecule has 0 spiro atoms. The summed E-state index contributed by atoms with van der Waals surface area (Å²) in [4.78, 5) is 43.1. The Morgan fingerprint density at radius 2 is 1.77 bits per heavy atom. The molecule has 3 atom stereocenters. The molecule has 3 aliphatic rings. The highest BCUT2D eigenvalue weighted by atomic mass is 32.2. The highest BCUT2D eigenvalue weighted by Gasteiger charge is 2.63. The number of fused-ring (bicyclic) bond motifs is 7. The van der Waals surface area contributed by atoms with Crippen LogP contribution in [0.5, 0.6) is 5.75 Å². The molecule has 3 unspecified atom stereocenters. The van der Waals surface area contributed by atoms with E-state index in [4.69, 9.17) is 4.74 Å². The molecule has 0 bridgehead atoms. The molecule has 1 N–H and O–H groups in total. The van der Waals surface area contributed by atoms with Gasteiger partial charge in [-0.15, -0.1) is 0 Å². The fourth-order valence-electron chi connectivity index (χ4n) is 9.15. The first-order valence-corrected chi connectivity index (χ1v) is 20.3. The zero-order chi connectivity index (χ0) is 37.8. The van der Waals surface area contributed by atoms with E-state index in [1.165, 1.54) is 26.1 Å². The van der Waals surface area contributed by atoms with Crippen LogP contribution in [-0.2, 0) is 28.1 Å². The fraction of sp³-hybridized carbons (Fsp3) is 0.488. The van der Waals surface area contributed by atoms with Crippen LogP contribution in [0.25, 0.3) is 22.2 Å².